The maximum Gasteiger partial charge on any atom is 0.416 e. The Morgan fingerprint density at radius 2 is 2.00 bits per heavy atom. The van der Waals surface area contributed by atoms with Crippen molar-refractivity contribution in [2.75, 3.05) is 45.9 Å². The minimum atomic E-state index is -4.38. The molecule has 1 fully saturated rings. The number of rotatable bonds is 7. The number of benzene rings is 1. The number of hydrogen-bond donors (Lipinski definition) is 1. The molecule has 1 aromatic carbocycles. The molecule has 0 bridgehead atoms. The van der Waals surface area contributed by atoms with Gasteiger partial charge < -0.3 is 19.5 Å². The van der Waals surface area contributed by atoms with E-state index in [0.29, 0.717) is 6.54 Å². The van der Waals surface area contributed by atoms with E-state index in [1.54, 1.807) is 6.26 Å². The van der Waals surface area contributed by atoms with Gasteiger partial charge in [-0.15, -0.1) is 24.0 Å². The molecule has 0 unspecified atom stereocenters. The quantitative estimate of drug-likeness (QED) is 0.245. The predicted molar refractivity (Wildman–Crippen MR) is 122 cm³/mol. The zero-order chi connectivity index (χ0) is 21.4. The standard InChI is InChI=1S/C20H26F3N5O2.HI/c1-2-24-19(28-10-8-27(9-11-28)15-17-6-12-30-26-17)25-7-13-29-18-5-3-4-16(14-18)20(21,22)23;/h3-6,12,14H,2,7-11,13,15H2,1H3,(H,24,25);1H. The maximum absolute atomic E-state index is 12.8. The van der Waals surface area contributed by atoms with Gasteiger partial charge in [-0.2, -0.15) is 13.2 Å². The summed E-state index contributed by atoms with van der Waals surface area (Å²) in [5.74, 6) is 0.970. The molecule has 3 rings (SSSR count). The Bertz CT molecular complexity index is 809. The highest BCUT2D eigenvalue weighted by atomic mass is 127. The van der Waals surface area contributed by atoms with Crippen molar-refractivity contribution in [3.8, 4) is 5.75 Å². The monoisotopic (exact) mass is 553 g/mol. The van der Waals surface area contributed by atoms with Crippen molar-refractivity contribution in [1.82, 2.24) is 20.3 Å². The number of halogens is 4. The average Bonchev–Trinajstić information content (AvgIpc) is 3.24. The molecule has 7 nitrogen and oxygen atoms in total. The van der Waals surface area contributed by atoms with Crippen molar-refractivity contribution in [3.05, 3.63) is 47.9 Å². The van der Waals surface area contributed by atoms with Gasteiger partial charge in [-0.3, -0.25) is 4.90 Å². The highest BCUT2D eigenvalue weighted by Crippen LogP contribution is 2.31. The molecule has 0 amide bonds. The van der Waals surface area contributed by atoms with E-state index < -0.39 is 11.7 Å². The van der Waals surface area contributed by atoms with E-state index in [-0.39, 0.29) is 36.3 Å². The van der Waals surface area contributed by atoms with Crippen molar-refractivity contribution < 1.29 is 22.4 Å². The predicted octanol–water partition coefficient (Wildman–Crippen LogP) is 3.47. The summed E-state index contributed by atoms with van der Waals surface area (Å²) >= 11 is 0. The van der Waals surface area contributed by atoms with Crippen LogP contribution in [0.4, 0.5) is 13.2 Å². The Balaban J connectivity index is 0.00000341. The number of ether oxygens (including phenoxy) is 1. The van der Waals surface area contributed by atoms with Crippen LogP contribution in [0.25, 0.3) is 0 Å². The van der Waals surface area contributed by atoms with E-state index in [4.69, 9.17) is 9.26 Å². The van der Waals surface area contributed by atoms with Crippen molar-refractivity contribution >= 4 is 29.9 Å². The van der Waals surface area contributed by atoms with E-state index in [1.165, 1.54) is 12.1 Å². The van der Waals surface area contributed by atoms with Crippen LogP contribution >= 0.6 is 24.0 Å². The van der Waals surface area contributed by atoms with Gasteiger partial charge in [0.05, 0.1) is 17.8 Å². The lowest BCUT2D eigenvalue weighted by Crippen LogP contribution is -2.52. The Morgan fingerprint density at radius 1 is 1.23 bits per heavy atom. The third-order valence-electron chi connectivity index (χ3n) is 4.67. The lowest BCUT2D eigenvalue weighted by molar-refractivity contribution is -0.137. The van der Waals surface area contributed by atoms with Gasteiger partial charge in [-0.05, 0) is 25.1 Å². The molecule has 2 aromatic rings. The number of nitrogens with zero attached hydrogens (tertiary/aromatic N) is 4. The molecule has 1 aliphatic rings. The van der Waals surface area contributed by atoms with Crippen molar-refractivity contribution in [2.45, 2.75) is 19.6 Å². The number of aliphatic imine (C=N–C) groups is 1. The van der Waals surface area contributed by atoms with Gasteiger partial charge in [0, 0.05) is 45.3 Å². The second kappa shape index (κ2) is 12.1. The Hall–Kier alpha value is -2.02. The van der Waals surface area contributed by atoms with Gasteiger partial charge in [0.25, 0.3) is 0 Å². The van der Waals surface area contributed by atoms with E-state index in [2.05, 4.69) is 25.3 Å². The summed E-state index contributed by atoms with van der Waals surface area (Å²) in [5, 5.41) is 7.21. The van der Waals surface area contributed by atoms with Crippen LogP contribution in [0.3, 0.4) is 0 Å². The van der Waals surface area contributed by atoms with E-state index in [1.807, 2.05) is 13.0 Å². The van der Waals surface area contributed by atoms with Crippen LogP contribution in [0, 0.1) is 0 Å². The maximum atomic E-state index is 12.8. The number of piperazine rings is 1. The highest BCUT2D eigenvalue weighted by Gasteiger charge is 2.30. The Kier molecular flexibility index (Phi) is 9.88. The Labute approximate surface area is 196 Å². The number of guanidine groups is 1. The molecule has 0 atom stereocenters. The molecule has 2 heterocycles. The third kappa shape index (κ3) is 7.87. The second-order valence-electron chi connectivity index (χ2n) is 6.86. The van der Waals surface area contributed by atoms with Crippen molar-refractivity contribution in [3.63, 3.8) is 0 Å². The fourth-order valence-electron chi connectivity index (χ4n) is 3.17. The molecular formula is C20H27F3IN5O2. The molecule has 1 saturated heterocycles. The molecule has 0 radical (unpaired) electrons. The first-order valence-electron chi connectivity index (χ1n) is 9.90. The van der Waals surface area contributed by atoms with Gasteiger partial charge in [0.15, 0.2) is 5.96 Å². The molecular weight excluding hydrogens is 526 g/mol. The van der Waals surface area contributed by atoms with E-state index >= 15 is 0 Å². The number of hydrogen-bond acceptors (Lipinski definition) is 5. The summed E-state index contributed by atoms with van der Waals surface area (Å²) in [5.41, 5.74) is 0.191. The minimum absolute atomic E-state index is 0. The summed E-state index contributed by atoms with van der Waals surface area (Å²) in [6.07, 6.45) is -2.81. The molecule has 11 heteroatoms. The van der Waals surface area contributed by atoms with Crippen LogP contribution in [0.2, 0.25) is 0 Å². The SMILES string of the molecule is CCNC(=NCCOc1cccc(C(F)(F)F)c1)N1CCN(Cc2ccon2)CC1.I. The fraction of sp³-hybridized carbons (Fsp3) is 0.500. The average molecular weight is 553 g/mol. The molecule has 31 heavy (non-hydrogen) atoms. The van der Waals surface area contributed by atoms with Gasteiger partial charge in [-0.1, -0.05) is 11.2 Å². The fourth-order valence-corrected chi connectivity index (χ4v) is 3.17. The van der Waals surface area contributed by atoms with Crippen LogP contribution in [0.5, 0.6) is 5.75 Å². The van der Waals surface area contributed by atoms with Crippen LogP contribution in [-0.4, -0.2) is 66.8 Å². The Morgan fingerprint density at radius 3 is 2.65 bits per heavy atom. The summed E-state index contributed by atoms with van der Waals surface area (Å²) in [4.78, 5) is 9.04. The molecule has 1 aromatic heterocycles. The van der Waals surface area contributed by atoms with Crippen molar-refractivity contribution in [2.24, 2.45) is 4.99 Å². The van der Waals surface area contributed by atoms with Crippen LogP contribution in [-0.2, 0) is 12.7 Å². The third-order valence-corrected chi connectivity index (χ3v) is 4.67. The molecule has 0 saturated carbocycles. The zero-order valence-electron chi connectivity index (χ0n) is 17.3. The normalized spacial score (nSPS) is 15.5. The van der Waals surface area contributed by atoms with E-state index in [0.717, 1.165) is 63.1 Å². The van der Waals surface area contributed by atoms with Crippen molar-refractivity contribution in [1.29, 1.82) is 0 Å². The largest absolute Gasteiger partial charge is 0.492 e. The summed E-state index contributed by atoms with van der Waals surface area (Å²) in [6.45, 7) is 7.40. The topological polar surface area (TPSA) is 66.1 Å². The second-order valence-corrected chi connectivity index (χ2v) is 6.86. The lowest BCUT2D eigenvalue weighted by atomic mass is 10.2. The first-order chi connectivity index (χ1) is 14.5. The van der Waals surface area contributed by atoms with E-state index in [9.17, 15) is 13.2 Å². The summed E-state index contributed by atoms with van der Waals surface area (Å²) in [6, 6.07) is 6.74. The van der Waals surface area contributed by atoms with Gasteiger partial charge in [0.2, 0.25) is 0 Å². The summed E-state index contributed by atoms with van der Waals surface area (Å²) in [7, 11) is 0. The molecule has 0 aliphatic carbocycles. The summed E-state index contributed by atoms with van der Waals surface area (Å²) < 4.78 is 48.7. The van der Waals surface area contributed by atoms with Gasteiger partial charge in [0.1, 0.15) is 18.6 Å². The number of aromatic nitrogens is 1. The molecule has 0 spiro atoms. The van der Waals surface area contributed by atoms with Gasteiger partial charge >= 0.3 is 6.18 Å². The first kappa shape index (κ1) is 25.2. The number of alkyl halides is 3. The smallest absolute Gasteiger partial charge is 0.416 e. The highest BCUT2D eigenvalue weighted by molar-refractivity contribution is 14.0. The lowest BCUT2D eigenvalue weighted by Gasteiger charge is -2.36. The zero-order valence-corrected chi connectivity index (χ0v) is 19.6. The molecule has 172 valence electrons. The molecule has 1 aliphatic heterocycles. The first-order valence-corrected chi connectivity index (χ1v) is 9.90. The van der Waals surface area contributed by atoms with Crippen LogP contribution in [0.15, 0.2) is 46.1 Å². The minimum Gasteiger partial charge on any atom is -0.492 e. The van der Waals surface area contributed by atoms with Crippen LogP contribution < -0.4 is 10.1 Å². The number of nitrogens with one attached hydrogen (secondary N) is 1. The molecule has 1 N–H and O–H groups in total. The van der Waals surface area contributed by atoms with Crippen LogP contribution in [0.1, 0.15) is 18.2 Å². The van der Waals surface area contributed by atoms with Gasteiger partial charge in [-0.25, -0.2) is 4.99 Å².